The molecule has 0 amide bonds. The van der Waals surface area contributed by atoms with Gasteiger partial charge >= 0.3 is 63.3 Å². The molecule has 0 aliphatic heterocycles. The molecule has 0 heterocycles. The van der Waals surface area contributed by atoms with E-state index in [4.69, 9.17) is 0 Å². The van der Waals surface area contributed by atoms with Crippen LogP contribution in [0, 0.1) is 0 Å². The summed E-state index contributed by atoms with van der Waals surface area (Å²) in [5.74, 6) is -1.56. The maximum atomic E-state index is 11.1. The molecule has 0 saturated carbocycles. The van der Waals surface area contributed by atoms with Gasteiger partial charge in [0.1, 0.15) is 11.3 Å². The van der Waals surface area contributed by atoms with Crippen molar-refractivity contribution in [2.24, 2.45) is 0 Å². The van der Waals surface area contributed by atoms with Crippen molar-refractivity contribution in [3.8, 4) is 5.75 Å². The number of methoxy groups -OCH3 is 2. The van der Waals surface area contributed by atoms with Gasteiger partial charge in [-0.05, 0) is 18.2 Å². The van der Waals surface area contributed by atoms with Crippen molar-refractivity contribution in [1.29, 1.82) is 0 Å². The van der Waals surface area contributed by atoms with E-state index in [-0.39, 0.29) is 69.7 Å². The van der Waals surface area contributed by atoms with Gasteiger partial charge in [-0.15, -0.1) is 0 Å². The third kappa shape index (κ3) is 3.57. The van der Waals surface area contributed by atoms with E-state index in [1.54, 1.807) is 0 Å². The Morgan fingerprint density at radius 2 is 1.75 bits per heavy atom. The summed E-state index contributed by atoms with van der Waals surface area (Å²) in [6.45, 7) is 0. The number of rotatable bonds is 2. The number of hydrogen-bond acceptors (Lipinski definition) is 5. The molecule has 0 radical (unpaired) electrons. The fourth-order valence-electron chi connectivity index (χ4n) is 1.06. The number of esters is 2. The van der Waals surface area contributed by atoms with Crippen LogP contribution in [0.15, 0.2) is 18.2 Å². The Balaban J connectivity index is 0. The molecule has 0 bridgehead atoms. The van der Waals surface area contributed by atoms with E-state index in [0.29, 0.717) is 0 Å². The first-order valence-corrected chi connectivity index (χ1v) is 4.09. The Morgan fingerprint density at radius 3 is 2.19 bits per heavy atom. The van der Waals surface area contributed by atoms with Gasteiger partial charge in [0.15, 0.2) is 0 Å². The van der Waals surface area contributed by atoms with Gasteiger partial charge in [-0.2, -0.15) is 0 Å². The minimum atomic E-state index is -0.663. The summed E-state index contributed by atoms with van der Waals surface area (Å²) in [5, 5.41) is 9.43. The van der Waals surface area contributed by atoms with E-state index >= 15 is 0 Å². The average Bonchev–Trinajstić information content (AvgIpc) is 2.26. The number of carbonyl (C=O) groups is 2. The SMILES string of the molecule is COC(=O)c1ccc(C(=O)OC)c(O)c1.[H-].[K+]. The summed E-state index contributed by atoms with van der Waals surface area (Å²) in [6, 6.07) is 3.82. The number of phenolic OH excluding ortho intramolecular Hbond substituents is 1. The molecule has 0 unspecified atom stereocenters. The van der Waals surface area contributed by atoms with E-state index in [9.17, 15) is 14.7 Å². The molecule has 0 saturated heterocycles. The summed E-state index contributed by atoms with van der Waals surface area (Å²) in [5.41, 5.74) is 0.174. The van der Waals surface area contributed by atoms with Crippen molar-refractivity contribution in [2.75, 3.05) is 14.2 Å². The molecular formula is C10H11KO5. The fraction of sp³-hybridized carbons (Fsp3) is 0.200. The van der Waals surface area contributed by atoms with Crippen LogP contribution >= 0.6 is 0 Å². The molecule has 5 nitrogen and oxygen atoms in total. The second-order valence-electron chi connectivity index (χ2n) is 2.72. The van der Waals surface area contributed by atoms with Crippen LogP contribution in [0.1, 0.15) is 22.1 Å². The summed E-state index contributed by atoms with van der Waals surface area (Å²) < 4.78 is 8.88. The van der Waals surface area contributed by atoms with Crippen molar-refractivity contribution in [3.05, 3.63) is 29.3 Å². The van der Waals surface area contributed by atoms with E-state index in [2.05, 4.69) is 9.47 Å². The normalized spacial score (nSPS) is 8.88. The van der Waals surface area contributed by atoms with E-state index in [1.165, 1.54) is 26.4 Å². The maximum Gasteiger partial charge on any atom is 1.00 e. The van der Waals surface area contributed by atoms with Crippen LogP contribution in [0.2, 0.25) is 0 Å². The Morgan fingerprint density at radius 1 is 1.19 bits per heavy atom. The molecule has 1 rings (SSSR count). The molecule has 0 fully saturated rings. The summed E-state index contributed by atoms with van der Waals surface area (Å²) in [4.78, 5) is 22.2. The average molecular weight is 250 g/mol. The topological polar surface area (TPSA) is 72.8 Å². The first-order chi connectivity index (χ1) is 7.10. The van der Waals surface area contributed by atoms with Crippen molar-refractivity contribution < 1.29 is 77.0 Å². The first-order valence-electron chi connectivity index (χ1n) is 4.09. The minimum Gasteiger partial charge on any atom is -1.00 e. The number of aromatic hydroxyl groups is 1. The van der Waals surface area contributed by atoms with E-state index < -0.39 is 11.9 Å². The monoisotopic (exact) mass is 250 g/mol. The molecule has 1 N–H and O–H groups in total. The molecule has 6 heteroatoms. The van der Waals surface area contributed by atoms with Crippen LogP contribution in [0.5, 0.6) is 5.75 Å². The number of hydrogen-bond donors (Lipinski definition) is 1. The largest absolute Gasteiger partial charge is 1.00 e. The van der Waals surface area contributed by atoms with Crippen LogP contribution in [-0.2, 0) is 9.47 Å². The van der Waals surface area contributed by atoms with Crippen LogP contribution in [0.3, 0.4) is 0 Å². The predicted octanol–water partition coefficient (Wildman–Crippen LogP) is -1.92. The maximum absolute atomic E-state index is 11.1. The van der Waals surface area contributed by atoms with Gasteiger partial charge < -0.3 is 16.0 Å². The van der Waals surface area contributed by atoms with Gasteiger partial charge in [-0.1, -0.05) is 0 Å². The van der Waals surface area contributed by atoms with Crippen molar-refractivity contribution in [2.45, 2.75) is 0 Å². The van der Waals surface area contributed by atoms with Gasteiger partial charge in [0.05, 0.1) is 19.8 Å². The van der Waals surface area contributed by atoms with Gasteiger partial charge in [0.2, 0.25) is 0 Å². The minimum absolute atomic E-state index is 0. The molecule has 0 aliphatic rings. The first kappa shape index (κ1) is 15.6. The molecule has 0 aromatic heterocycles. The standard InChI is InChI=1S/C10H10O5.K.H/c1-14-9(12)6-3-4-7(8(11)5-6)10(13)15-2;;/h3-5,11H,1-2H3;;/q;+1;-1. The Hall–Kier alpha value is -0.404. The van der Waals surface area contributed by atoms with Gasteiger partial charge in [-0.3, -0.25) is 0 Å². The molecule has 0 atom stereocenters. The number of phenols is 1. The van der Waals surface area contributed by atoms with Crippen LogP contribution in [0.25, 0.3) is 0 Å². The summed E-state index contributed by atoms with van der Waals surface area (Å²) in [6.07, 6.45) is 0. The van der Waals surface area contributed by atoms with Crippen molar-refractivity contribution in [1.82, 2.24) is 0 Å². The van der Waals surface area contributed by atoms with Gasteiger partial charge in [0, 0.05) is 0 Å². The fourth-order valence-corrected chi connectivity index (χ4v) is 1.06. The third-order valence-corrected chi connectivity index (χ3v) is 1.82. The molecular weight excluding hydrogens is 239 g/mol. The summed E-state index contributed by atoms with van der Waals surface area (Å²) >= 11 is 0. The van der Waals surface area contributed by atoms with Crippen LogP contribution < -0.4 is 51.4 Å². The second kappa shape index (κ2) is 7.03. The zero-order valence-corrected chi connectivity index (χ0v) is 12.4. The Bertz CT molecular complexity index is 408. The molecule has 1 aromatic rings. The van der Waals surface area contributed by atoms with Crippen molar-refractivity contribution >= 4 is 11.9 Å². The molecule has 0 spiro atoms. The zero-order valence-electron chi connectivity index (χ0n) is 10.3. The predicted molar refractivity (Wildman–Crippen MR) is 51.9 cm³/mol. The molecule has 0 aliphatic carbocycles. The van der Waals surface area contributed by atoms with Crippen molar-refractivity contribution in [3.63, 3.8) is 0 Å². The number of ether oxygens (including phenoxy) is 2. The van der Waals surface area contributed by atoms with Crippen LogP contribution in [0.4, 0.5) is 0 Å². The van der Waals surface area contributed by atoms with E-state index in [0.717, 1.165) is 6.07 Å². The van der Waals surface area contributed by atoms with Crippen LogP contribution in [-0.4, -0.2) is 31.3 Å². The smallest absolute Gasteiger partial charge is 1.00 e. The van der Waals surface area contributed by atoms with E-state index in [1.807, 2.05) is 0 Å². The van der Waals surface area contributed by atoms with Gasteiger partial charge in [-0.25, -0.2) is 9.59 Å². The molecule has 1 aromatic carbocycles. The number of carbonyl (C=O) groups excluding carboxylic acids is 2. The second-order valence-corrected chi connectivity index (χ2v) is 2.72. The number of benzene rings is 1. The zero-order chi connectivity index (χ0) is 11.4. The Labute approximate surface area is 137 Å². The molecule has 16 heavy (non-hydrogen) atoms. The summed E-state index contributed by atoms with van der Waals surface area (Å²) in [7, 11) is 2.43. The Kier molecular flexibility index (Phi) is 6.85. The van der Waals surface area contributed by atoms with Gasteiger partial charge in [0.25, 0.3) is 0 Å². The third-order valence-electron chi connectivity index (χ3n) is 1.82. The quantitative estimate of drug-likeness (QED) is 0.489. The molecule has 82 valence electrons.